The molecule has 0 atom stereocenters. The Kier molecular flexibility index (Phi) is 3.86. The third kappa shape index (κ3) is 2.79. The predicted molar refractivity (Wildman–Crippen MR) is 50.3 cm³/mol. The van der Waals surface area contributed by atoms with Crippen molar-refractivity contribution in [2.45, 2.75) is 30.9 Å². The van der Waals surface area contributed by atoms with Crippen molar-refractivity contribution in [1.82, 2.24) is 9.59 Å². The molecular weight excluding hydrogens is 176 g/mol. The quantitative estimate of drug-likeness (QED) is 0.537. The Bertz CT molecular complexity index is 210. The topological polar surface area (TPSA) is 25.8 Å². The number of hydrogen-bond donors (Lipinski definition) is 0. The summed E-state index contributed by atoms with van der Waals surface area (Å²) in [7, 11) is 0. The second kappa shape index (κ2) is 4.72. The number of unbranched alkanes of at least 4 members (excludes halogenated alkanes) is 1. The summed E-state index contributed by atoms with van der Waals surface area (Å²) >= 11 is 3.37. The van der Waals surface area contributed by atoms with Gasteiger partial charge in [0.1, 0.15) is 4.21 Å². The molecule has 62 valence electrons. The molecule has 0 amide bonds. The maximum Gasteiger partial charge on any atom is 0.104 e. The van der Waals surface area contributed by atoms with E-state index in [0.29, 0.717) is 0 Å². The van der Waals surface area contributed by atoms with Crippen LogP contribution in [0.2, 0.25) is 0 Å². The number of aryl methyl sites for hydroxylation is 1. The third-order valence-electron chi connectivity index (χ3n) is 1.34. The van der Waals surface area contributed by atoms with Crippen LogP contribution in [0.1, 0.15) is 25.5 Å². The molecule has 2 nitrogen and oxygen atoms in total. The first-order chi connectivity index (χ1) is 5.34. The van der Waals surface area contributed by atoms with Crippen LogP contribution >= 0.6 is 23.3 Å². The van der Waals surface area contributed by atoms with E-state index >= 15 is 0 Å². The zero-order chi connectivity index (χ0) is 8.10. The summed E-state index contributed by atoms with van der Waals surface area (Å²) < 4.78 is 5.15. The van der Waals surface area contributed by atoms with Gasteiger partial charge in [0.25, 0.3) is 0 Å². The van der Waals surface area contributed by atoms with Gasteiger partial charge in [-0.1, -0.05) is 17.8 Å². The first-order valence-electron chi connectivity index (χ1n) is 3.76. The van der Waals surface area contributed by atoms with Gasteiger partial charge >= 0.3 is 0 Å². The van der Waals surface area contributed by atoms with Crippen molar-refractivity contribution in [2.24, 2.45) is 0 Å². The number of nitrogens with zero attached hydrogens (tertiary/aromatic N) is 2. The molecule has 1 rings (SSSR count). The second-order valence-corrected chi connectivity index (χ2v) is 4.47. The van der Waals surface area contributed by atoms with Crippen LogP contribution in [-0.2, 0) is 0 Å². The molecular formula is C7H12N2S2. The van der Waals surface area contributed by atoms with E-state index in [1.165, 1.54) is 34.3 Å². The van der Waals surface area contributed by atoms with E-state index in [2.05, 4.69) is 16.5 Å². The Hall–Kier alpha value is -0.0900. The number of thioether (sulfide) groups is 1. The summed E-state index contributed by atoms with van der Waals surface area (Å²) in [5.74, 6) is 1.20. The Morgan fingerprint density at radius 2 is 2.36 bits per heavy atom. The molecule has 0 bridgehead atoms. The molecule has 0 spiro atoms. The molecule has 11 heavy (non-hydrogen) atoms. The van der Waals surface area contributed by atoms with E-state index in [-0.39, 0.29) is 0 Å². The van der Waals surface area contributed by atoms with E-state index in [0.717, 1.165) is 5.69 Å². The molecule has 1 aromatic heterocycles. The molecule has 0 aromatic carbocycles. The van der Waals surface area contributed by atoms with Gasteiger partial charge in [-0.3, -0.25) is 0 Å². The monoisotopic (exact) mass is 188 g/mol. The van der Waals surface area contributed by atoms with Crippen molar-refractivity contribution in [1.29, 1.82) is 0 Å². The lowest BCUT2D eigenvalue weighted by Gasteiger charge is -1.94. The summed E-state index contributed by atoms with van der Waals surface area (Å²) in [6.45, 7) is 4.22. The Balaban J connectivity index is 2.32. The number of rotatable bonds is 4. The van der Waals surface area contributed by atoms with Crippen LogP contribution in [0, 0.1) is 6.92 Å². The van der Waals surface area contributed by atoms with Crippen LogP contribution in [0.5, 0.6) is 0 Å². The predicted octanol–water partition coefficient (Wildman–Crippen LogP) is 2.74. The highest BCUT2D eigenvalue weighted by atomic mass is 32.2. The summed E-state index contributed by atoms with van der Waals surface area (Å²) in [5, 5.41) is 3.94. The highest BCUT2D eigenvalue weighted by Gasteiger charge is 2.01. The molecule has 0 saturated heterocycles. The van der Waals surface area contributed by atoms with Gasteiger partial charge in [0.15, 0.2) is 0 Å². The van der Waals surface area contributed by atoms with E-state index in [9.17, 15) is 0 Å². The zero-order valence-electron chi connectivity index (χ0n) is 6.83. The van der Waals surface area contributed by atoms with Crippen molar-refractivity contribution < 1.29 is 0 Å². The smallest absolute Gasteiger partial charge is 0.104 e. The van der Waals surface area contributed by atoms with E-state index in [4.69, 9.17) is 0 Å². The van der Waals surface area contributed by atoms with Crippen LogP contribution in [0.4, 0.5) is 0 Å². The summed E-state index contributed by atoms with van der Waals surface area (Å²) in [6, 6.07) is 0. The maximum absolute atomic E-state index is 3.94. The Morgan fingerprint density at radius 3 is 2.91 bits per heavy atom. The largest absolute Gasteiger partial charge is 0.142 e. The lowest BCUT2D eigenvalue weighted by molar-refractivity contribution is 0.896. The van der Waals surface area contributed by atoms with Crippen LogP contribution in [-0.4, -0.2) is 15.3 Å². The first kappa shape index (κ1) is 9.00. The van der Waals surface area contributed by atoms with Crippen molar-refractivity contribution in [3.05, 3.63) is 5.69 Å². The van der Waals surface area contributed by atoms with Gasteiger partial charge in [0.05, 0.1) is 5.69 Å². The standard InChI is InChI=1S/C7H12N2S2/c1-3-4-5-10-7-6(2)8-9-11-7/h3-5H2,1-2H3. The molecule has 0 N–H and O–H groups in total. The van der Waals surface area contributed by atoms with Crippen LogP contribution in [0.15, 0.2) is 4.21 Å². The van der Waals surface area contributed by atoms with Crippen LogP contribution in [0.3, 0.4) is 0 Å². The van der Waals surface area contributed by atoms with Gasteiger partial charge in [-0.15, -0.1) is 16.9 Å². The molecule has 0 radical (unpaired) electrons. The molecule has 4 heteroatoms. The number of aromatic nitrogens is 2. The van der Waals surface area contributed by atoms with Crippen molar-refractivity contribution in [3.8, 4) is 0 Å². The lowest BCUT2D eigenvalue weighted by Crippen LogP contribution is -1.78. The summed E-state index contributed by atoms with van der Waals surface area (Å²) in [5.41, 5.74) is 1.08. The highest BCUT2D eigenvalue weighted by Crippen LogP contribution is 2.24. The fourth-order valence-electron chi connectivity index (χ4n) is 0.666. The van der Waals surface area contributed by atoms with E-state index < -0.39 is 0 Å². The van der Waals surface area contributed by atoms with E-state index in [1.807, 2.05) is 18.7 Å². The van der Waals surface area contributed by atoms with Crippen molar-refractivity contribution in [2.75, 3.05) is 5.75 Å². The maximum atomic E-state index is 3.94. The average Bonchev–Trinajstić information content (AvgIpc) is 2.37. The SMILES string of the molecule is CCCCSc1snnc1C. The van der Waals surface area contributed by atoms with Gasteiger partial charge < -0.3 is 0 Å². The van der Waals surface area contributed by atoms with Crippen molar-refractivity contribution in [3.63, 3.8) is 0 Å². The van der Waals surface area contributed by atoms with Gasteiger partial charge in [0.2, 0.25) is 0 Å². The Morgan fingerprint density at radius 1 is 1.55 bits per heavy atom. The normalized spacial score (nSPS) is 10.4. The summed E-state index contributed by atoms with van der Waals surface area (Å²) in [6.07, 6.45) is 2.54. The first-order valence-corrected chi connectivity index (χ1v) is 5.52. The Labute approximate surface area is 75.6 Å². The van der Waals surface area contributed by atoms with Crippen molar-refractivity contribution >= 4 is 23.3 Å². The zero-order valence-corrected chi connectivity index (χ0v) is 8.47. The average molecular weight is 188 g/mol. The van der Waals surface area contributed by atoms with Gasteiger partial charge in [0, 0.05) is 0 Å². The second-order valence-electron chi connectivity index (χ2n) is 2.35. The fourth-order valence-corrected chi connectivity index (χ4v) is 2.50. The minimum absolute atomic E-state index is 1.08. The lowest BCUT2D eigenvalue weighted by atomic mass is 10.4. The van der Waals surface area contributed by atoms with Gasteiger partial charge in [-0.2, -0.15) is 0 Å². The third-order valence-corrected chi connectivity index (χ3v) is 3.59. The fraction of sp³-hybridized carbons (Fsp3) is 0.714. The minimum atomic E-state index is 1.08. The molecule has 0 fully saturated rings. The molecule has 1 heterocycles. The molecule has 1 aromatic rings. The number of hydrogen-bond acceptors (Lipinski definition) is 4. The van der Waals surface area contributed by atoms with Gasteiger partial charge in [-0.25, -0.2) is 0 Å². The minimum Gasteiger partial charge on any atom is -0.142 e. The van der Waals surface area contributed by atoms with Gasteiger partial charge in [-0.05, 0) is 30.6 Å². The molecule has 0 unspecified atom stereocenters. The van der Waals surface area contributed by atoms with Crippen LogP contribution < -0.4 is 0 Å². The molecule has 0 aliphatic carbocycles. The highest BCUT2D eigenvalue weighted by molar-refractivity contribution is 8.01. The molecule has 0 saturated carbocycles. The summed E-state index contributed by atoms with van der Waals surface area (Å²) in [4.78, 5) is 0. The molecule has 0 aliphatic rings. The van der Waals surface area contributed by atoms with E-state index in [1.54, 1.807) is 0 Å². The molecule has 0 aliphatic heterocycles. The van der Waals surface area contributed by atoms with Crippen LogP contribution in [0.25, 0.3) is 0 Å².